The highest BCUT2D eigenvalue weighted by atomic mass is 16.5. The lowest BCUT2D eigenvalue weighted by Gasteiger charge is -2.28. The number of fused-ring (bicyclic) bond motifs is 1. The number of ether oxygens (including phenoxy) is 1. The average molecular weight is 289 g/mol. The van der Waals surface area contributed by atoms with E-state index in [0.29, 0.717) is 24.4 Å². The van der Waals surface area contributed by atoms with Gasteiger partial charge in [0.15, 0.2) is 5.76 Å². The van der Waals surface area contributed by atoms with E-state index in [2.05, 4.69) is 5.32 Å². The van der Waals surface area contributed by atoms with Crippen LogP contribution < -0.4 is 5.32 Å². The van der Waals surface area contributed by atoms with Crippen LogP contribution in [0.1, 0.15) is 28.1 Å². The van der Waals surface area contributed by atoms with Gasteiger partial charge in [-0.3, -0.25) is 4.79 Å². The molecule has 1 saturated heterocycles. The van der Waals surface area contributed by atoms with Crippen LogP contribution in [0.5, 0.6) is 0 Å². The van der Waals surface area contributed by atoms with Gasteiger partial charge in [-0.15, -0.1) is 0 Å². The van der Waals surface area contributed by atoms with Gasteiger partial charge in [0.05, 0.1) is 18.8 Å². The second kappa shape index (κ2) is 5.50. The second-order valence-corrected chi connectivity index (χ2v) is 5.57. The van der Waals surface area contributed by atoms with Crippen molar-refractivity contribution in [2.24, 2.45) is 0 Å². The molecule has 0 radical (unpaired) electrons. The number of aliphatic hydroxyl groups excluding tert-OH is 1. The minimum absolute atomic E-state index is 0.253. The standard InChI is InChI=1S/C16H19NO4/c1-9-3-4-14-11(7-9)10(2)15(21-14)16(19)17-12-5-6-20-8-13(12)18/h3-4,7,12-13,18H,5-6,8H2,1-2H3,(H,17,19)/t12-,13-/m1/s1. The maximum Gasteiger partial charge on any atom is 0.287 e. The molecule has 1 aromatic carbocycles. The molecule has 3 rings (SSSR count). The number of aryl methyl sites for hydroxylation is 2. The van der Waals surface area contributed by atoms with Gasteiger partial charge in [0.1, 0.15) is 5.58 Å². The Bertz CT molecular complexity index is 676. The summed E-state index contributed by atoms with van der Waals surface area (Å²) in [5.41, 5.74) is 2.65. The molecular formula is C16H19NO4. The quantitative estimate of drug-likeness (QED) is 0.886. The predicted molar refractivity (Wildman–Crippen MR) is 78.4 cm³/mol. The number of carbonyl (C=O) groups is 1. The molecule has 0 bridgehead atoms. The van der Waals surface area contributed by atoms with Crippen LogP contribution in [0.3, 0.4) is 0 Å². The highest BCUT2D eigenvalue weighted by Crippen LogP contribution is 2.26. The van der Waals surface area contributed by atoms with E-state index in [9.17, 15) is 9.90 Å². The Hall–Kier alpha value is -1.85. The van der Waals surface area contributed by atoms with Gasteiger partial charge in [-0.05, 0) is 32.4 Å². The number of furan rings is 1. The van der Waals surface area contributed by atoms with Crippen LogP contribution in [-0.4, -0.2) is 36.4 Å². The monoisotopic (exact) mass is 289 g/mol. The molecule has 1 aromatic heterocycles. The molecule has 0 saturated carbocycles. The lowest BCUT2D eigenvalue weighted by Crippen LogP contribution is -2.48. The zero-order valence-electron chi connectivity index (χ0n) is 12.2. The van der Waals surface area contributed by atoms with Crippen molar-refractivity contribution in [3.05, 3.63) is 35.1 Å². The number of hydrogen-bond donors (Lipinski definition) is 2. The summed E-state index contributed by atoms with van der Waals surface area (Å²) >= 11 is 0. The molecule has 1 amide bonds. The fourth-order valence-electron chi connectivity index (χ4n) is 2.68. The average Bonchev–Trinajstić information content (AvgIpc) is 2.79. The maximum atomic E-state index is 12.4. The zero-order chi connectivity index (χ0) is 15.0. The van der Waals surface area contributed by atoms with Gasteiger partial charge >= 0.3 is 0 Å². The summed E-state index contributed by atoms with van der Waals surface area (Å²) in [5.74, 6) is 0.0293. The Labute approximate surface area is 122 Å². The van der Waals surface area contributed by atoms with Crippen molar-refractivity contribution in [3.63, 3.8) is 0 Å². The van der Waals surface area contributed by atoms with E-state index >= 15 is 0 Å². The first-order valence-electron chi connectivity index (χ1n) is 7.12. The van der Waals surface area contributed by atoms with Crippen molar-refractivity contribution in [1.82, 2.24) is 5.32 Å². The zero-order valence-corrected chi connectivity index (χ0v) is 12.2. The number of hydrogen-bond acceptors (Lipinski definition) is 4. The number of nitrogens with one attached hydrogen (secondary N) is 1. The van der Waals surface area contributed by atoms with Gasteiger partial charge in [0, 0.05) is 17.6 Å². The van der Waals surface area contributed by atoms with Crippen LogP contribution in [0.4, 0.5) is 0 Å². The molecular weight excluding hydrogens is 270 g/mol. The third-order valence-corrected chi connectivity index (χ3v) is 3.94. The lowest BCUT2D eigenvalue weighted by atomic mass is 10.1. The molecule has 2 N–H and O–H groups in total. The fourth-order valence-corrected chi connectivity index (χ4v) is 2.68. The summed E-state index contributed by atoms with van der Waals surface area (Å²) in [6.45, 7) is 4.67. The molecule has 5 heteroatoms. The summed E-state index contributed by atoms with van der Waals surface area (Å²) in [7, 11) is 0. The number of carbonyl (C=O) groups excluding carboxylic acids is 1. The van der Waals surface area contributed by atoms with Crippen molar-refractivity contribution >= 4 is 16.9 Å². The molecule has 2 aromatic rings. The Balaban J connectivity index is 1.86. The lowest BCUT2D eigenvalue weighted by molar-refractivity contribution is -0.0262. The third-order valence-electron chi connectivity index (χ3n) is 3.94. The van der Waals surface area contributed by atoms with Gasteiger partial charge < -0.3 is 19.6 Å². The van der Waals surface area contributed by atoms with Crippen LogP contribution in [-0.2, 0) is 4.74 Å². The van der Waals surface area contributed by atoms with Crippen molar-refractivity contribution in [3.8, 4) is 0 Å². The molecule has 1 fully saturated rings. The molecule has 2 atom stereocenters. The summed E-state index contributed by atoms with van der Waals surface area (Å²) in [6.07, 6.45) is -0.0692. The minimum Gasteiger partial charge on any atom is -0.451 e. The van der Waals surface area contributed by atoms with Crippen molar-refractivity contribution < 1.29 is 19.1 Å². The first-order chi connectivity index (χ1) is 10.1. The topological polar surface area (TPSA) is 71.7 Å². The van der Waals surface area contributed by atoms with Gasteiger partial charge in [0.2, 0.25) is 0 Å². The van der Waals surface area contributed by atoms with E-state index < -0.39 is 6.10 Å². The molecule has 2 heterocycles. The summed E-state index contributed by atoms with van der Waals surface area (Å²) in [4.78, 5) is 12.4. The van der Waals surface area contributed by atoms with Crippen LogP contribution in [0.15, 0.2) is 22.6 Å². The Kier molecular flexibility index (Phi) is 3.69. The van der Waals surface area contributed by atoms with Gasteiger partial charge in [-0.2, -0.15) is 0 Å². The van der Waals surface area contributed by atoms with Crippen LogP contribution in [0.25, 0.3) is 11.0 Å². The fraction of sp³-hybridized carbons (Fsp3) is 0.438. The van der Waals surface area contributed by atoms with Gasteiger partial charge in [-0.25, -0.2) is 0 Å². The number of aliphatic hydroxyl groups is 1. The molecule has 0 unspecified atom stereocenters. The van der Waals surface area contributed by atoms with Gasteiger partial charge in [-0.1, -0.05) is 11.6 Å². The summed E-state index contributed by atoms with van der Waals surface area (Å²) in [5, 5.41) is 13.6. The maximum absolute atomic E-state index is 12.4. The number of rotatable bonds is 2. The van der Waals surface area contributed by atoms with Crippen LogP contribution in [0.2, 0.25) is 0 Å². The molecule has 21 heavy (non-hydrogen) atoms. The van der Waals surface area contributed by atoms with E-state index in [0.717, 1.165) is 16.5 Å². The smallest absolute Gasteiger partial charge is 0.287 e. The highest BCUT2D eigenvalue weighted by Gasteiger charge is 2.27. The third kappa shape index (κ3) is 2.66. The molecule has 1 aliphatic heterocycles. The van der Waals surface area contributed by atoms with Crippen LogP contribution >= 0.6 is 0 Å². The Morgan fingerprint density at radius 1 is 1.38 bits per heavy atom. The second-order valence-electron chi connectivity index (χ2n) is 5.57. The van der Waals surface area contributed by atoms with Crippen molar-refractivity contribution in [2.75, 3.05) is 13.2 Å². The van der Waals surface area contributed by atoms with Crippen molar-refractivity contribution in [2.45, 2.75) is 32.4 Å². The molecule has 5 nitrogen and oxygen atoms in total. The minimum atomic E-state index is -0.672. The first kappa shape index (κ1) is 14.1. The van der Waals surface area contributed by atoms with Crippen LogP contribution in [0, 0.1) is 13.8 Å². The molecule has 112 valence electrons. The molecule has 0 spiro atoms. The van der Waals surface area contributed by atoms with E-state index in [1.165, 1.54) is 0 Å². The highest BCUT2D eigenvalue weighted by molar-refractivity contribution is 5.99. The number of amides is 1. The normalized spacial score (nSPS) is 22.4. The first-order valence-corrected chi connectivity index (χ1v) is 7.12. The Morgan fingerprint density at radius 3 is 2.95 bits per heavy atom. The van der Waals surface area contributed by atoms with E-state index in [4.69, 9.17) is 9.15 Å². The predicted octanol–water partition coefficient (Wildman–Crippen LogP) is 1.93. The summed E-state index contributed by atoms with van der Waals surface area (Å²) in [6, 6.07) is 5.54. The van der Waals surface area contributed by atoms with E-state index in [1.54, 1.807) is 0 Å². The van der Waals surface area contributed by atoms with E-state index in [-0.39, 0.29) is 18.6 Å². The van der Waals surface area contributed by atoms with Gasteiger partial charge in [0.25, 0.3) is 5.91 Å². The largest absolute Gasteiger partial charge is 0.451 e. The van der Waals surface area contributed by atoms with E-state index in [1.807, 2.05) is 32.0 Å². The number of benzene rings is 1. The summed E-state index contributed by atoms with van der Waals surface area (Å²) < 4.78 is 10.8. The van der Waals surface area contributed by atoms with Crippen molar-refractivity contribution in [1.29, 1.82) is 0 Å². The molecule has 0 aliphatic carbocycles. The molecule has 1 aliphatic rings. The SMILES string of the molecule is Cc1ccc2oc(C(=O)N[C@@H]3CCOC[C@H]3O)c(C)c2c1. The Morgan fingerprint density at radius 2 is 2.19 bits per heavy atom.